The Kier molecular flexibility index (Phi) is 5.22. The third-order valence-electron chi connectivity index (χ3n) is 3.27. The van der Waals surface area contributed by atoms with Crippen molar-refractivity contribution in [2.24, 2.45) is 0 Å². The molecule has 0 atom stereocenters. The first kappa shape index (κ1) is 15.8. The molecular formula is C14H20ClN3O3. The van der Waals surface area contributed by atoms with Crippen LogP contribution in [0, 0.1) is 6.92 Å². The number of hydrogen-bond acceptors (Lipinski definition) is 4. The molecule has 0 bridgehead atoms. The van der Waals surface area contributed by atoms with E-state index in [1.165, 1.54) is 0 Å². The molecule has 1 heterocycles. The summed E-state index contributed by atoms with van der Waals surface area (Å²) in [7, 11) is 0. The number of esters is 1. The zero-order valence-electron chi connectivity index (χ0n) is 12.3. The van der Waals surface area contributed by atoms with Gasteiger partial charge in [-0.1, -0.05) is 24.9 Å². The molecule has 0 unspecified atom stereocenters. The number of carbonyl (C=O) groups is 2. The van der Waals surface area contributed by atoms with E-state index in [1.54, 1.807) is 11.6 Å². The van der Waals surface area contributed by atoms with Crippen LogP contribution in [0.2, 0.25) is 5.15 Å². The third kappa shape index (κ3) is 4.20. The minimum absolute atomic E-state index is 0.243. The quantitative estimate of drug-likeness (QED) is 0.782. The van der Waals surface area contributed by atoms with Crippen LogP contribution in [-0.4, -0.2) is 34.3 Å². The monoisotopic (exact) mass is 313 g/mol. The van der Waals surface area contributed by atoms with Crippen molar-refractivity contribution >= 4 is 23.5 Å². The number of ether oxygens (including phenoxy) is 1. The van der Waals surface area contributed by atoms with Gasteiger partial charge in [0.2, 0.25) is 0 Å². The fourth-order valence-corrected chi connectivity index (χ4v) is 2.28. The number of nitrogens with one attached hydrogen (secondary N) is 1. The van der Waals surface area contributed by atoms with Crippen molar-refractivity contribution in [3.05, 3.63) is 16.4 Å². The van der Waals surface area contributed by atoms with Crippen molar-refractivity contribution < 1.29 is 14.3 Å². The molecule has 1 aliphatic carbocycles. The number of unbranched alkanes of at least 4 members (excludes halogenated alkanes) is 1. The first-order chi connectivity index (χ1) is 10.0. The lowest BCUT2D eigenvalue weighted by Crippen LogP contribution is -2.30. The van der Waals surface area contributed by atoms with E-state index in [-0.39, 0.29) is 29.3 Å². The van der Waals surface area contributed by atoms with E-state index in [4.69, 9.17) is 16.3 Å². The van der Waals surface area contributed by atoms with E-state index in [9.17, 15) is 9.59 Å². The molecule has 6 nitrogen and oxygen atoms in total. The lowest BCUT2D eigenvalue weighted by molar-refractivity contribution is -0.124. The lowest BCUT2D eigenvalue weighted by atomic mass is 10.3. The van der Waals surface area contributed by atoms with Crippen LogP contribution in [-0.2, 0) is 16.1 Å². The molecular weight excluding hydrogens is 294 g/mol. The number of nitrogens with zero attached hydrogens (tertiary/aromatic N) is 2. The van der Waals surface area contributed by atoms with Gasteiger partial charge in [-0.25, -0.2) is 4.79 Å². The Hall–Kier alpha value is -1.56. The Bertz CT molecular complexity index is 538. The van der Waals surface area contributed by atoms with Gasteiger partial charge in [0.05, 0.1) is 5.69 Å². The maximum atomic E-state index is 12.0. The first-order valence-electron chi connectivity index (χ1n) is 7.22. The molecule has 1 aromatic rings. The Morgan fingerprint density at radius 3 is 2.81 bits per heavy atom. The average molecular weight is 314 g/mol. The number of rotatable bonds is 7. The van der Waals surface area contributed by atoms with Gasteiger partial charge in [0.1, 0.15) is 10.7 Å². The first-order valence-corrected chi connectivity index (χ1v) is 7.60. The van der Waals surface area contributed by atoms with Crippen LogP contribution >= 0.6 is 11.6 Å². The molecule has 0 radical (unpaired) electrons. The van der Waals surface area contributed by atoms with Crippen LogP contribution in [0.3, 0.4) is 0 Å². The summed E-state index contributed by atoms with van der Waals surface area (Å²) in [6.45, 7) is 4.14. The number of aromatic nitrogens is 2. The molecule has 1 aliphatic rings. The Balaban J connectivity index is 1.94. The highest BCUT2D eigenvalue weighted by Gasteiger charge is 2.25. The van der Waals surface area contributed by atoms with E-state index in [0.717, 1.165) is 25.7 Å². The number of carbonyl (C=O) groups excluding carboxylic acids is 2. The molecule has 1 fully saturated rings. The normalized spacial score (nSPS) is 14.0. The second-order valence-corrected chi connectivity index (χ2v) is 5.60. The van der Waals surface area contributed by atoms with Crippen molar-refractivity contribution in [2.45, 2.75) is 52.1 Å². The molecule has 21 heavy (non-hydrogen) atoms. The third-order valence-corrected chi connectivity index (χ3v) is 3.65. The lowest BCUT2D eigenvalue weighted by Gasteiger charge is -2.05. The SMILES string of the molecule is CCCCn1nc(C)c(C(=O)OCC(=O)NC2CC2)c1Cl. The smallest absolute Gasteiger partial charge is 0.343 e. The van der Waals surface area contributed by atoms with Gasteiger partial charge in [0.25, 0.3) is 5.91 Å². The standard InChI is InChI=1S/C14H20ClN3O3/c1-3-4-7-18-13(15)12(9(2)17-18)14(20)21-8-11(19)16-10-5-6-10/h10H,3-8H2,1-2H3,(H,16,19). The predicted molar refractivity (Wildman–Crippen MR) is 78.3 cm³/mol. The van der Waals surface area contributed by atoms with Gasteiger partial charge in [-0.15, -0.1) is 0 Å². The van der Waals surface area contributed by atoms with Gasteiger partial charge in [-0.2, -0.15) is 5.10 Å². The molecule has 0 aromatic carbocycles. The van der Waals surface area contributed by atoms with Crippen LogP contribution in [0.5, 0.6) is 0 Å². The summed E-state index contributed by atoms with van der Waals surface area (Å²) in [6, 6.07) is 0.248. The molecule has 1 N–H and O–H groups in total. The highest BCUT2D eigenvalue weighted by molar-refractivity contribution is 6.32. The van der Waals surface area contributed by atoms with E-state index >= 15 is 0 Å². The fraction of sp³-hybridized carbons (Fsp3) is 0.643. The van der Waals surface area contributed by atoms with Crippen LogP contribution in [0.25, 0.3) is 0 Å². The number of hydrogen-bond donors (Lipinski definition) is 1. The molecule has 116 valence electrons. The van der Waals surface area contributed by atoms with Crippen molar-refractivity contribution in [1.29, 1.82) is 0 Å². The van der Waals surface area contributed by atoms with Crippen molar-refractivity contribution in [3.63, 3.8) is 0 Å². The summed E-state index contributed by atoms with van der Waals surface area (Å²) in [5, 5.41) is 7.26. The maximum Gasteiger partial charge on any atom is 0.343 e. The number of amides is 1. The van der Waals surface area contributed by atoms with E-state index < -0.39 is 5.97 Å². The zero-order chi connectivity index (χ0) is 15.4. The van der Waals surface area contributed by atoms with Crippen LogP contribution in [0.15, 0.2) is 0 Å². The highest BCUT2D eigenvalue weighted by atomic mass is 35.5. The second-order valence-electron chi connectivity index (χ2n) is 5.25. The summed E-state index contributed by atoms with van der Waals surface area (Å²) in [4.78, 5) is 23.5. The zero-order valence-corrected chi connectivity index (χ0v) is 13.1. The molecule has 0 spiro atoms. The minimum Gasteiger partial charge on any atom is -0.452 e. The predicted octanol–water partition coefficient (Wildman–Crippen LogP) is 2.08. The molecule has 1 aromatic heterocycles. The fourth-order valence-electron chi connectivity index (χ4n) is 1.94. The Morgan fingerprint density at radius 2 is 2.19 bits per heavy atom. The van der Waals surface area contributed by atoms with Crippen LogP contribution in [0.1, 0.15) is 48.7 Å². The van der Waals surface area contributed by atoms with Gasteiger partial charge in [0.15, 0.2) is 6.61 Å². The summed E-state index contributed by atoms with van der Waals surface area (Å²) in [5.41, 5.74) is 0.760. The van der Waals surface area contributed by atoms with E-state index in [2.05, 4.69) is 17.3 Å². The minimum atomic E-state index is -0.605. The summed E-state index contributed by atoms with van der Waals surface area (Å²) in [5.74, 6) is -0.885. The second kappa shape index (κ2) is 6.93. The maximum absolute atomic E-state index is 12.0. The van der Waals surface area contributed by atoms with Crippen molar-refractivity contribution in [3.8, 4) is 0 Å². The average Bonchev–Trinajstić information content (AvgIpc) is 3.20. The van der Waals surface area contributed by atoms with Gasteiger partial charge in [-0.05, 0) is 26.2 Å². The van der Waals surface area contributed by atoms with Gasteiger partial charge in [0, 0.05) is 12.6 Å². The number of aryl methyl sites for hydroxylation is 2. The molecule has 7 heteroatoms. The van der Waals surface area contributed by atoms with Gasteiger partial charge < -0.3 is 10.1 Å². The highest BCUT2D eigenvalue weighted by Crippen LogP contribution is 2.21. The van der Waals surface area contributed by atoms with Crippen LogP contribution < -0.4 is 5.32 Å². The van der Waals surface area contributed by atoms with E-state index in [1.807, 2.05) is 0 Å². The molecule has 1 amide bonds. The largest absolute Gasteiger partial charge is 0.452 e. The summed E-state index contributed by atoms with van der Waals surface area (Å²) in [6.07, 6.45) is 3.93. The molecule has 0 saturated heterocycles. The number of halogens is 1. The molecule has 2 rings (SSSR count). The van der Waals surface area contributed by atoms with Crippen molar-refractivity contribution in [2.75, 3.05) is 6.61 Å². The summed E-state index contributed by atoms with van der Waals surface area (Å²) < 4.78 is 6.61. The Morgan fingerprint density at radius 1 is 1.48 bits per heavy atom. The van der Waals surface area contributed by atoms with Gasteiger partial charge in [-0.3, -0.25) is 9.48 Å². The van der Waals surface area contributed by atoms with Crippen LogP contribution in [0.4, 0.5) is 0 Å². The topological polar surface area (TPSA) is 73.2 Å². The van der Waals surface area contributed by atoms with Gasteiger partial charge >= 0.3 is 5.97 Å². The van der Waals surface area contributed by atoms with E-state index in [0.29, 0.717) is 12.2 Å². The summed E-state index contributed by atoms with van der Waals surface area (Å²) >= 11 is 6.17. The Labute approximate surface area is 128 Å². The van der Waals surface area contributed by atoms with Crippen molar-refractivity contribution in [1.82, 2.24) is 15.1 Å². The molecule has 0 aliphatic heterocycles. The molecule has 1 saturated carbocycles.